The van der Waals surface area contributed by atoms with Crippen LogP contribution in [0, 0.1) is 0 Å². The van der Waals surface area contributed by atoms with Crippen LogP contribution in [0.1, 0.15) is 35.0 Å². The third-order valence-corrected chi connectivity index (χ3v) is 3.24. The number of nitrogen functional groups attached to an aromatic ring is 1. The Kier molecular flexibility index (Phi) is 2.75. The van der Waals surface area contributed by atoms with Gasteiger partial charge < -0.3 is 4.42 Å². The molecular weight excluding hydrogens is 248 g/mol. The van der Waals surface area contributed by atoms with E-state index in [0.29, 0.717) is 11.6 Å². The molecule has 1 saturated carbocycles. The molecule has 7 heteroatoms. The Morgan fingerprint density at radius 2 is 2.26 bits per heavy atom. The highest BCUT2D eigenvalue weighted by molar-refractivity contribution is 5.92. The summed E-state index contributed by atoms with van der Waals surface area (Å²) in [7, 11) is 0. The highest BCUT2D eigenvalue weighted by Gasteiger charge is 2.25. The molecule has 0 bridgehead atoms. The van der Waals surface area contributed by atoms with E-state index >= 15 is 0 Å². The van der Waals surface area contributed by atoms with Crippen molar-refractivity contribution in [3.05, 3.63) is 46.5 Å². The molecule has 0 saturated heterocycles. The fourth-order valence-electron chi connectivity index (χ4n) is 2.09. The van der Waals surface area contributed by atoms with Crippen LogP contribution in [-0.4, -0.2) is 15.0 Å². The molecule has 0 aliphatic heterocycles. The Morgan fingerprint density at radius 3 is 2.95 bits per heavy atom. The van der Waals surface area contributed by atoms with E-state index in [-0.39, 0.29) is 18.0 Å². The Labute approximate surface area is 108 Å². The predicted octanol–water partition coefficient (Wildman–Crippen LogP) is 0.229. The number of aromatic nitrogens is 2. The normalized spacial score (nSPS) is 14.6. The number of nitrogens with zero attached hydrogens (tertiary/aromatic N) is 2. The summed E-state index contributed by atoms with van der Waals surface area (Å²) in [5.74, 6) is 4.70. The minimum absolute atomic E-state index is 0.0668. The van der Waals surface area contributed by atoms with Crippen LogP contribution in [0.15, 0.2) is 33.9 Å². The van der Waals surface area contributed by atoms with Crippen molar-refractivity contribution in [1.82, 2.24) is 14.6 Å². The number of imidazole rings is 1. The van der Waals surface area contributed by atoms with Gasteiger partial charge in [-0.1, -0.05) is 0 Å². The van der Waals surface area contributed by atoms with E-state index in [1.807, 2.05) is 5.43 Å². The number of amides is 1. The van der Waals surface area contributed by atoms with E-state index in [1.165, 1.54) is 6.26 Å². The molecule has 2 heterocycles. The summed E-state index contributed by atoms with van der Waals surface area (Å²) in [6, 6.07) is 2.00. The van der Waals surface area contributed by atoms with Gasteiger partial charge in [0, 0.05) is 24.0 Å². The van der Waals surface area contributed by atoms with E-state index < -0.39 is 5.91 Å². The second-order valence-electron chi connectivity index (χ2n) is 4.60. The first-order valence-electron chi connectivity index (χ1n) is 6.05. The smallest absolute Gasteiger partial charge is 0.328 e. The van der Waals surface area contributed by atoms with E-state index in [1.54, 1.807) is 27.6 Å². The summed E-state index contributed by atoms with van der Waals surface area (Å²) in [5, 5.41) is 0. The fraction of sp³-hybridized carbons (Fsp3) is 0.333. The lowest BCUT2D eigenvalue weighted by atomic mass is 10.2. The zero-order valence-corrected chi connectivity index (χ0v) is 10.2. The van der Waals surface area contributed by atoms with Gasteiger partial charge in [0.2, 0.25) is 0 Å². The van der Waals surface area contributed by atoms with Crippen LogP contribution >= 0.6 is 0 Å². The van der Waals surface area contributed by atoms with Crippen molar-refractivity contribution >= 4 is 5.91 Å². The van der Waals surface area contributed by atoms with Crippen molar-refractivity contribution in [1.29, 1.82) is 0 Å². The first-order chi connectivity index (χ1) is 9.20. The minimum atomic E-state index is -0.505. The first-order valence-corrected chi connectivity index (χ1v) is 6.05. The van der Waals surface area contributed by atoms with Gasteiger partial charge in [-0.15, -0.1) is 0 Å². The van der Waals surface area contributed by atoms with Gasteiger partial charge in [-0.3, -0.25) is 19.4 Å². The van der Waals surface area contributed by atoms with Crippen molar-refractivity contribution in [2.75, 3.05) is 0 Å². The number of furan rings is 1. The molecule has 1 aliphatic carbocycles. The van der Waals surface area contributed by atoms with E-state index in [2.05, 4.69) is 0 Å². The summed E-state index contributed by atoms with van der Waals surface area (Å²) < 4.78 is 8.36. The minimum Gasteiger partial charge on any atom is -0.459 e. The van der Waals surface area contributed by atoms with E-state index in [9.17, 15) is 9.59 Å². The van der Waals surface area contributed by atoms with Gasteiger partial charge in [0.25, 0.3) is 0 Å². The molecule has 3 rings (SSSR count). The largest absolute Gasteiger partial charge is 0.459 e. The number of hydrogen-bond acceptors (Lipinski definition) is 4. The number of hydrazine groups is 1. The van der Waals surface area contributed by atoms with Crippen molar-refractivity contribution in [2.24, 2.45) is 5.84 Å². The molecule has 0 atom stereocenters. The number of rotatable bonds is 4. The summed E-state index contributed by atoms with van der Waals surface area (Å²) >= 11 is 0. The van der Waals surface area contributed by atoms with Gasteiger partial charge in [0.15, 0.2) is 5.76 Å². The SMILES string of the molecule is NNC(=O)c1occc1Cn1ccn(C2CC2)c1=O. The van der Waals surface area contributed by atoms with Crippen LogP contribution in [0.2, 0.25) is 0 Å². The maximum Gasteiger partial charge on any atom is 0.328 e. The monoisotopic (exact) mass is 262 g/mol. The molecule has 100 valence electrons. The molecule has 2 aromatic rings. The second kappa shape index (κ2) is 4.43. The van der Waals surface area contributed by atoms with Gasteiger partial charge in [0.05, 0.1) is 12.8 Å². The first kappa shape index (κ1) is 11.8. The maximum absolute atomic E-state index is 12.1. The van der Waals surface area contributed by atoms with Crippen LogP contribution < -0.4 is 17.0 Å². The second-order valence-corrected chi connectivity index (χ2v) is 4.60. The van der Waals surface area contributed by atoms with Crippen LogP contribution in [0.5, 0.6) is 0 Å². The van der Waals surface area contributed by atoms with Crippen molar-refractivity contribution < 1.29 is 9.21 Å². The lowest BCUT2D eigenvalue weighted by Crippen LogP contribution is -2.31. The molecule has 3 N–H and O–H groups in total. The van der Waals surface area contributed by atoms with Gasteiger partial charge in [0.1, 0.15) is 0 Å². The topological polar surface area (TPSA) is 95.2 Å². The highest BCUT2D eigenvalue weighted by atomic mass is 16.3. The van der Waals surface area contributed by atoms with Gasteiger partial charge in [-0.2, -0.15) is 0 Å². The average molecular weight is 262 g/mol. The molecule has 0 spiro atoms. The van der Waals surface area contributed by atoms with Crippen LogP contribution in [-0.2, 0) is 6.54 Å². The molecule has 19 heavy (non-hydrogen) atoms. The maximum atomic E-state index is 12.1. The third-order valence-electron chi connectivity index (χ3n) is 3.24. The van der Waals surface area contributed by atoms with E-state index in [0.717, 1.165) is 12.8 Å². The summed E-state index contributed by atoms with van der Waals surface area (Å²) in [4.78, 5) is 23.6. The van der Waals surface area contributed by atoms with Crippen molar-refractivity contribution in [3.8, 4) is 0 Å². The molecule has 0 aromatic carbocycles. The van der Waals surface area contributed by atoms with Gasteiger partial charge in [-0.05, 0) is 18.9 Å². The number of carbonyl (C=O) groups excluding carboxylic acids is 1. The molecule has 7 nitrogen and oxygen atoms in total. The Hall–Kier alpha value is -2.28. The van der Waals surface area contributed by atoms with Crippen molar-refractivity contribution in [2.45, 2.75) is 25.4 Å². The predicted molar refractivity (Wildman–Crippen MR) is 66.4 cm³/mol. The summed E-state index contributed by atoms with van der Waals surface area (Å²) in [5.41, 5.74) is 2.57. The molecule has 0 radical (unpaired) electrons. The van der Waals surface area contributed by atoms with Gasteiger partial charge in [-0.25, -0.2) is 10.6 Å². The Bertz CT molecular complexity index is 663. The fourth-order valence-corrected chi connectivity index (χ4v) is 2.09. The third kappa shape index (κ3) is 2.08. The van der Waals surface area contributed by atoms with Crippen LogP contribution in [0.25, 0.3) is 0 Å². The Morgan fingerprint density at radius 1 is 1.47 bits per heavy atom. The Balaban J connectivity index is 1.87. The molecular formula is C12H14N4O3. The lowest BCUT2D eigenvalue weighted by Gasteiger charge is -2.02. The molecule has 0 unspecified atom stereocenters. The van der Waals surface area contributed by atoms with E-state index in [4.69, 9.17) is 10.3 Å². The number of hydrogen-bond donors (Lipinski definition) is 2. The highest BCUT2D eigenvalue weighted by Crippen LogP contribution is 2.33. The average Bonchev–Trinajstić information content (AvgIpc) is 3.05. The van der Waals surface area contributed by atoms with Crippen LogP contribution in [0.3, 0.4) is 0 Å². The summed E-state index contributed by atoms with van der Waals surface area (Å²) in [6.45, 7) is 0.289. The molecule has 2 aromatic heterocycles. The standard InChI is InChI=1S/C12H14N4O3/c13-14-11(17)10-8(3-6-19-10)7-15-4-5-16(12(15)18)9-1-2-9/h3-6,9H,1-2,7,13H2,(H,14,17). The van der Waals surface area contributed by atoms with Gasteiger partial charge >= 0.3 is 11.6 Å². The lowest BCUT2D eigenvalue weighted by molar-refractivity contribution is 0.0924. The molecule has 1 aliphatic rings. The van der Waals surface area contributed by atoms with Crippen molar-refractivity contribution in [3.63, 3.8) is 0 Å². The number of nitrogens with two attached hydrogens (primary N) is 1. The number of carbonyl (C=O) groups is 1. The number of nitrogens with one attached hydrogen (secondary N) is 1. The molecule has 1 amide bonds. The molecule has 1 fully saturated rings. The van der Waals surface area contributed by atoms with Crippen LogP contribution in [0.4, 0.5) is 0 Å². The summed E-state index contributed by atoms with van der Waals surface area (Å²) in [6.07, 6.45) is 7.01. The zero-order valence-electron chi connectivity index (χ0n) is 10.2. The zero-order chi connectivity index (χ0) is 13.4. The quantitative estimate of drug-likeness (QED) is 0.468.